The maximum Gasteiger partial charge on any atom is 0.0409 e. The molecular formula is C16H25ClN2. The number of likely N-dealkylation sites (tertiary alicyclic amines) is 1. The van der Waals surface area contributed by atoms with Gasteiger partial charge < -0.3 is 10.2 Å². The number of halogens is 1. The fraction of sp³-hybridized carbons (Fsp3) is 0.625. The second-order valence-corrected chi connectivity index (χ2v) is 6.20. The van der Waals surface area contributed by atoms with Crippen LogP contribution in [0, 0.1) is 0 Å². The SMILES string of the molecule is CC(C)N1CCCC(NCc2cccc(Cl)c2)CC1. The minimum Gasteiger partial charge on any atom is -0.310 e. The van der Waals surface area contributed by atoms with Gasteiger partial charge in [-0.3, -0.25) is 0 Å². The lowest BCUT2D eigenvalue weighted by atomic mass is 10.1. The van der Waals surface area contributed by atoms with Gasteiger partial charge in [0.15, 0.2) is 0 Å². The smallest absolute Gasteiger partial charge is 0.0409 e. The van der Waals surface area contributed by atoms with Crippen LogP contribution in [0.2, 0.25) is 5.02 Å². The lowest BCUT2D eigenvalue weighted by molar-refractivity contribution is 0.229. The van der Waals surface area contributed by atoms with Gasteiger partial charge in [0.2, 0.25) is 0 Å². The van der Waals surface area contributed by atoms with Crippen molar-refractivity contribution in [2.45, 2.75) is 51.7 Å². The quantitative estimate of drug-likeness (QED) is 0.905. The first-order valence-corrected chi connectivity index (χ1v) is 7.75. The zero-order valence-electron chi connectivity index (χ0n) is 12.0. The lowest BCUT2D eigenvalue weighted by Gasteiger charge is -2.24. The highest BCUT2D eigenvalue weighted by Gasteiger charge is 2.18. The molecule has 1 N–H and O–H groups in total. The molecule has 1 fully saturated rings. The third-order valence-corrected chi connectivity index (χ3v) is 4.21. The first-order chi connectivity index (χ1) is 9.15. The molecule has 1 aliphatic heterocycles. The van der Waals surface area contributed by atoms with Crippen molar-refractivity contribution in [3.8, 4) is 0 Å². The standard InChI is InChI=1S/C16H25ClN2/c1-13(2)19-9-4-7-16(8-10-19)18-12-14-5-3-6-15(17)11-14/h3,5-6,11,13,16,18H,4,7-10,12H2,1-2H3. The Bertz CT molecular complexity index is 392. The van der Waals surface area contributed by atoms with Gasteiger partial charge in [-0.1, -0.05) is 23.7 Å². The second-order valence-electron chi connectivity index (χ2n) is 5.77. The molecule has 0 saturated carbocycles. The summed E-state index contributed by atoms with van der Waals surface area (Å²) in [5.74, 6) is 0. The molecule has 0 aliphatic carbocycles. The predicted molar refractivity (Wildman–Crippen MR) is 82.6 cm³/mol. The minimum atomic E-state index is 0.641. The number of rotatable bonds is 4. The highest BCUT2D eigenvalue weighted by atomic mass is 35.5. The molecule has 1 aromatic carbocycles. The van der Waals surface area contributed by atoms with Crippen molar-refractivity contribution < 1.29 is 0 Å². The van der Waals surface area contributed by atoms with Crippen LogP contribution in [-0.4, -0.2) is 30.1 Å². The summed E-state index contributed by atoms with van der Waals surface area (Å²) in [4.78, 5) is 2.58. The fourth-order valence-electron chi connectivity index (χ4n) is 2.75. The van der Waals surface area contributed by atoms with Crippen molar-refractivity contribution >= 4 is 11.6 Å². The zero-order chi connectivity index (χ0) is 13.7. The Morgan fingerprint density at radius 1 is 1.32 bits per heavy atom. The first-order valence-electron chi connectivity index (χ1n) is 7.37. The molecule has 0 bridgehead atoms. The Morgan fingerprint density at radius 3 is 2.89 bits per heavy atom. The molecule has 106 valence electrons. The highest BCUT2D eigenvalue weighted by Crippen LogP contribution is 2.15. The van der Waals surface area contributed by atoms with E-state index < -0.39 is 0 Å². The predicted octanol–water partition coefficient (Wildman–Crippen LogP) is 3.69. The molecule has 0 aromatic heterocycles. The van der Waals surface area contributed by atoms with Crippen molar-refractivity contribution in [3.63, 3.8) is 0 Å². The molecule has 1 heterocycles. The van der Waals surface area contributed by atoms with E-state index in [1.54, 1.807) is 0 Å². The summed E-state index contributed by atoms with van der Waals surface area (Å²) in [6.07, 6.45) is 3.83. The van der Waals surface area contributed by atoms with E-state index in [9.17, 15) is 0 Å². The van der Waals surface area contributed by atoms with Crippen LogP contribution in [0.3, 0.4) is 0 Å². The van der Waals surface area contributed by atoms with Crippen LogP contribution in [0.25, 0.3) is 0 Å². The van der Waals surface area contributed by atoms with Gasteiger partial charge >= 0.3 is 0 Å². The van der Waals surface area contributed by atoms with Crippen molar-refractivity contribution in [1.82, 2.24) is 10.2 Å². The van der Waals surface area contributed by atoms with Crippen LogP contribution in [0.5, 0.6) is 0 Å². The van der Waals surface area contributed by atoms with E-state index in [1.165, 1.54) is 37.9 Å². The monoisotopic (exact) mass is 280 g/mol. The maximum atomic E-state index is 6.01. The van der Waals surface area contributed by atoms with E-state index in [0.717, 1.165) is 11.6 Å². The topological polar surface area (TPSA) is 15.3 Å². The van der Waals surface area contributed by atoms with Gasteiger partial charge in [0, 0.05) is 23.7 Å². The van der Waals surface area contributed by atoms with Gasteiger partial charge in [-0.15, -0.1) is 0 Å². The van der Waals surface area contributed by atoms with Gasteiger partial charge in [-0.25, -0.2) is 0 Å². The van der Waals surface area contributed by atoms with Crippen LogP contribution in [0.4, 0.5) is 0 Å². The molecular weight excluding hydrogens is 256 g/mol. The zero-order valence-corrected chi connectivity index (χ0v) is 12.8. The molecule has 1 unspecified atom stereocenters. The van der Waals surface area contributed by atoms with E-state index in [-0.39, 0.29) is 0 Å². The molecule has 2 nitrogen and oxygen atoms in total. The molecule has 0 amide bonds. The van der Waals surface area contributed by atoms with Gasteiger partial charge in [-0.2, -0.15) is 0 Å². The summed E-state index contributed by atoms with van der Waals surface area (Å²) in [6.45, 7) is 7.96. The van der Waals surface area contributed by atoms with Crippen molar-refractivity contribution in [2.75, 3.05) is 13.1 Å². The summed E-state index contributed by atoms with van der Waals surface area (Å²) in [5.41, 5.74) is 1.28. The van der Waals surface area contributed by atoms with Gasteiger partial charge in [0.05, 0.1) is 0 Å². The molecule has 1 saturated heterocycles. The first kappa shape index (κ1) is 14.8. The van der Waals surface area contributed by atoms with Gasteiger partial charge in [-0.05, 0) is 63.9 Å². The van der Waals surface area contributed by atoms with Crippen LogP contribution in [0.15, 0.2) is 24.3 Å². The average molecular weight is 281 g/mol. The maximum absolute atomic E-state index is 6.01. The Balaban J connectivity index is 1.80. The van der Waals surface area contributed by atoms with E-state index in [0.29, 0.717) is 12.1 Å². The molecule has 0 radical (unpaired) electrons. The summed E-state index contributed by atoms with van der Waals surface area (Å²) < 4.78 is 0. The van der Waals surface area contributed by atoms with Crippen molar-refractivity contribution in [3.05, 3.63) is 34.9 Å². The minimum absolute atomic E-state index is 0.641. The van der Waals surface area contributed by atoms with E-state index in [4.69, 9.17) is 11.6 Å². The Hall–Kier alpha value is -0.570. The van der Waals surface area contributed by atoms with E-state index >= 15 is 0 Å². The molecule has 0 spiro atoms. The van der Waals surface area contributed by atoms with Crippen LogP contribution >= 0.6 is 11.6 Å². The Kier molecular flexibility index (Phi) is 5.68. The van der Waals surface area contributed by atoms with Gasteiger partial charge in [0.1, 0.15) is 0 Å². The largest absolute Gasteiger partial charge is 0.310 e. The summed E-state index contributed by atoms with van der Waals surface area (Å²) in [7, 11) is 0. The highest BCUT2D eigenvalue weighted by molar-refractivity contribution is 6.30. The second kappa shape index (κ2) is 7.28. The van der Waals surface area contributed by atoms with Crippen LogP contribution in [-0.2, 0) is 6.54 Å². The Morgan fingerprint density at radius 2 is 2.16 bits per heavy atom. The van der Waals surface area contributed by atoms with Crippen molar-refractivity contribution in [1.29, 1.82) is 0 Å². The number of hydrogen-bond acceptors (Lipinski definition) is 2. The van der Waals surface area contributed by atoms with Gasteiger partial charge in [0.25, 0.3) is 0 Å². The number of hydrogen-bond donors (Lipinski definition) is 1. The molecule has 2 rings (SSSR count). The number of benzene rings is 1. The molecule has 1 atom stereocenters. The average Bonchev–Trinajstić information content (AvgIpc) is 2.62. The summed E-state index contributed by atoms with van der Waals surface area (Å²) in [6, 6.07) is 9.45. The van der Waals surface area contributed by atoms with E-state index in [1.807, 2.05) is 18.2 Å². The molecule has 3 heteroatoms. The third-order valence-electron chi connectivity index (χ3n) is 3.98. The van der Waals surface area contributed by atoms with Crippen molar-refractivity contribution in [2.24, 2.45) is 0 Å². The third kappa shape index (κ3) is 4.79. The number of nitrogens with one attached hydrogen (secondary N) is 1. The summed E-state index contributed by atoms with van der Waals surface area (Å²) >= 11 is 6.01. The number of nitrogens with zero attached hydrogens (tertiary/aromatic N) is 1. The van der Waals surface area contributed by atoms with Crippen LogP contribution < -0.4 is 5.32 Å². The molecule has 1 aliphatic rings. The molecule has 1 aromatic rings. The summed E-state index contributed by atoms with van der Waals surface area (Å²) in [5, 5.41) is 4.50. The normalized spacial score (nSPS) is 21.6. The lowest BCUT2D eigenvalue weighted by Crippen LogP contribution is -2.33. The Labute approximate surface area is 122 Å². The fourth-order valence-corrected chi connectivity index (χ4v) is 2.96. The molecule has 19 heavy (non-hydrogen) atoms. The van der Waals surface area contributed by atoms with E-state index in [2.05, 4.69) is 30.1 Å². The van der Waals surface area contributed by atoms with Crippen LogP contribution in [0.1, 0.15) is 38.7 Å².